The number of nitrogens with one attached hydrogen (secondary N) is 1. The quantitative estimate of drug-likeness (QED) is 0.882. The van der Waals surface area contributed by atoms with Gasteiger partial charge in [0, 0.05) is 18.9 Å². The van der Waals surface area contributed by atoms with Gasteiger partial charge in [-0.25, -0.2) is 4.79 Å². The first kappa shape index (κ1) is 13.9. The van der Waals surface area contributed by atoms with Crippen LogP contribution in [0, 0.1) is 12.8 Å². The molecule has 1 N–H and O–H groups in total. The lowest BCUT2D eigenvalue weighted by molar-refractivity contribution is -0.119. The number of ether oxygens (including phenoxy) is 1. The lowest BCUT2D eigenvalue weighted by Crippen LogP contribution is -2.17. The summed E-state index contributed by atoms with van der Waals surface area (Å²) in [6, 6.07) is 7.35. The first-order valence-electron chi connectivity index (χ1n) is 6.72. The molecular weight excluding hydrogens is 290 g/mol. The molecule has 0 saturated carbocycles. The van der Waals surface area contributed by atoms with Crippen molar-refractivity contribution in [1.29, 1.82) is 0 Å². The smallest absolute Gasteiger partial charge is 0.348 e. The average molecular weight is 305 g/mol. The molecule has 3 heterocycles. The molecule has 1 amide bonds. The number of esters is 1. The maximum Gasteiger partial charge on any atom is 0.348 e. The van der Waals surface area contributed by atoms with Crippen LogP contribution in [0.25, 0.3) is 10.6 Å². The van der Waals surface area contributed by atoms with Crippen LogP contribution in [-0.2, 0) is 9.53 Å². The Morgan fingerprint density at radius 1 is 1.43 bits per heavy atom. The summed E-state index contributed by atoms with van der Waals surface area (Å²) in [5.74, 6) is 1.33. The monoisotopic (exact) mass is 305 g/mol. The molecule has 21 heavy (non-hydrogen) atoms. The number of hydrogen-bond acceptors (Lipinski definition) is 5. The highest BCUT2D eigenvalue weighted by Gasteiger charge is 2.23. The van der Waals surface area contributed by atoms with Gasteiger partial charge in [-0.05, 0) is 31.2 Å². The Morgan fingerprint density at radius 3 is 2.95 bits per heavy atom. The summed E-state index contributed by atoms with van der Waals surface area (Å²) in [4.78, 5) is 24.5. The standard InChI is InChI=1S/C15H15NO4S/c1-9-2-3-11(20-9)12-4-5-13(21-12)15(18)19-8-10-6-14(17)16-7-10/h2-5,10H,6-8H2,1H3,(H,16,17). The molecule has 0 radical (unpaired) electrons. The van der Waals surface area contributed by atoms with Crippen molar-refractivity contribution in [3.63, 3.8) is 0 Å². The van der Waals surface area contributed by atoms with Crippen LogP contribution >= 0.6 is 11.3 Å². The van der Waals surface area contributed by atoms with E-state index in [1.54, 1.807) is 6.07 Å². The molecule has 1 aliphatic heterocycles. The molecule has 5 nitrogen and oxygen atoms in total. The number of carbonyl (C=O) groups is 2. The SMILES string of the molecule is Cc1ccc(-c2ccc(C(=O)OCC3CNC(=O)C3)s2)o1. The number of carbonyl (C=O) groups excluding carboxylic acids is 2. The molecule has 0 bridgehead atoms. The Labute approximate surface area is 125 Å². The van der Waals surface area contributed by atoms with E-state index in [9.17, 15) is 9.59 Å². The van der Waals surface area contributed by atoms with Gasteiger partial charge in [0.1, 0.15) is 16.4 Å². The Balaban J connectivity index is 1.60. The van der Waals surface area contributed by atoms with Gasteiger partial charge in [0.05, 0.1) is 11.5 Å². The van der Waals surface area contributed by atoms with Crippen molar-refractivity contribution >= 4 is 23.2 Å². The minimum Gasteiger partial charge on any atom is -0.461 e. The number of aryl methyl sites for hydroxylation is 1. The molecule has 0 aliphatic carbocycles. The molecule has 1 saturated heterocycles. The largest absolute Gasteiger partial charge is 0.461 e. The summed E-state index contributed by atoms with van der Waals surface area (Å²) < 4.78 is 10.8. The van der Waals surface area contributed by atoms with E-state index in [0.717, 1.165) is 16.4 Å². The van der Waals surface area contributed by atoms with Gasteiger partial charge < -0.3 is 14.5 Å². The fourth-order valence-electron chi connectivity index (χ4n) is 2.19. The van der Waals surface area contributed by atoms with Crippen LogP contribution in [-0.4, -0.2) is 25.0 Å². The zero-order valence-electron chi connectivity index (χ0n) is 11.5. The molecule has 3 rings (SSSR count). The van der Waals surface area contributed by atoms with E-state index >= 15 is 0 Å². The second kappa shape index (κ2) is 5.73. The van der Waals surface area contributed by atoms with Crippen LogP contribution in [0.15, 0.2) is 28.7 Å². The number of furan rings is 1. The van der Waals surface area contributed by atoms with Crippen LogP contribution in [0.1, 0.15) is 21.9 Å². The zero-order valence-corrected chi connectivity index (χ0v) is 12.4. The maximum atomic E-state index is 12.0. The van der Waals surface area contributed by atoms with Gasteiger partial charge in [-0.1, -0.05) is 0 Å². The third kappa shape index (κ3) is 3.16. The summed E-state index contributed by atoms with van der Waals surface area (Å²) in [5.41, 5.74) is 0. The number of amides is 1. The zero-order chi connectivity index (χ0) is 14.8. The fraction of sp³-hybridized carbons (Fsp3) is 0.333. The minimum absolute atomic E-state index is 0.0163. The molecule has 1 aliphatic rings. The molecule has 1 atom stereocenters. The predicted octanol–water partition coefficient (Wildman–Crippen LogP) is 2.61. The third-order valence-electron chi connectivity index (χ3n) is 3.30. The Kier molecular flexibility index (Phi) is 3.79. The van der Waals surface area contributed by atoms with Crippen LogP contribution in [0.3, 0.4) is 0 Å². The summed E-state index contributed by atoms with van der Waals surface area (Å²) in [5, 5.41) is 2.72. The van der Waals surface area contributed by atoms with Crippen LogP contribution in [0.4, 0.5) is 0 Å². The summed E-state index contributed by atoms with van der Waals surface area (Å²) in [6.07, 6.45) is 0.425. The van der Waals surface area contributed by atoms with E-state index in [-0.39, 0.29) is 24.4 Å². The lowest BCUT2D eigenvalue weighted by Gasteiger charge is -2.07. The molecule has 6 heteroatoms. The van der Waals surface area contributed by atoms with E-state index in [0.29, 0.717) is 17.8 Å². The van der Waals surface area contributed by atoms with E-state index in [1.165, 1.54) is 11.3 Å². The van der Waals surface area contributed by atoms with Crippen molar-refractivity contribution in [1.82, 2.24) is 5.32 Å². The lowest BCUT2D eigenvalue weighted by atomic mass is 10.1. The normalized spacial score (nSPS) is 17.8. The molecule has 2 aromatic heterocycles. The first-order chi connectivity index (χ1) is 10.1. The van der Waals surface area contributed by atoms with Crippen molar-refractivity contribution in [3.05, 3.63) is 34.9 Å². The van der Waals surface area contributed by atoms with Gasteiger partial charge >= 0.3 is 5.97 Å². The van der Waals surface area contributed by atoms with Gasteiger partial charge in [0.2, 0.25) is 5.91 Å². The molecule has 2 aromatic rings. The Hall–Kier alpha value is -2.08. The predicted molar refractivity (Wildman–Crippen MR) is 78.2 cm³/mol. The van der Waals surface area contributed by atoms with Crippen molar-refractivity contribution in [2.75, 3.05) is 13.2 Å². The van der Waals surface area contributed by atoms with Crippen LogP contribution in [0.5, 0.6) is 0 Å². The highest BCUT2D eigenvalue weighted by molar-refractivity contribution is 7.17. The third-order valence-corrected chi connectivity index (χ3v) is 4.38. The Morgan fingerprint density at radius 2 is 2.29 bits per heavy atom. The number of hydrogen-bond donors (Lipinski definition) is 1. The van der Waals surface area contributed by atoms with E-state index in [2.05, 4.69) is 5.32 Å². The highest BCUT2D eigenvalue weighted by atomic mass is 32.1. The maximum absolute atomic E-state index is 12.0. The summed E-state index contributed by atoms with van der Waals surface area (Å²) >= 11 is 1.34. The second-order valence-electron chi connectivity index (χ2n) is 5.05. The van der Waals surface area contributed by atoms with Gasteiger partial charge in [-0.3, -0.25) is 4.79 Å². The first-order valence-corrected chi connectivity index (χ1v) is 7.54. The van der Waals surface area contributed by atoms with Gasteiger partial charge in [-0.15, -0.1) is 11.3 Å². The van der Waals surface area contributed by atoms with E-state index < -0.39 is 0 Å². The van der Waals surface area contributed by atoms with Crippen molar-refractivity contribution < 1.29 is 18.7 Å². The van der Waals surface area contributed by atoms with Crippen molar-refractivity contribution in [3.8, 4) is 10.6 Å². The average Bonchev–Trinajstić information content (AvgIpc) is 3.16. The van der Waals surface area contributed by atoms with E-state index in [4.69, 9.17) is 9.15 Å². The minimum atomic E-state index is -0.353. The summed E-state index contributed by atoms with van der Waals surface area (Å²) in [7, 11) is 0. The summed E-state index contributed by atoms with van der Waals surface area (Å²) in [6.45, 7) is 2.72. The second-order valence-corrected chi connectivity index (χ2v) is 6.13. The van der Waals surface area contributed by atoms with Crippen molar-refractivity contribution in [2.45, 2.75) is 13.3 Å². The van der Waals surface area contributed by atoms with Gasteiger partial charge in [0.25, 0.3) is 0 Å². The number of rotatable bonds is 4. The molecular formula is C15H15NO4S. The topological polar surface area (TPSA) is 68.5 Å². The van der Waals surface area contributed by atoms with Crippen LogP contribution < -0.4 is 5.32 Å². The number of thiophene rings is 1. The fourth-order valence-corrected chi connectivity index (χ4v) is 3.06. The molecule has 110 valence electrons. The Bertz CT molecular complexity index is 673. The molecule has 0 aromatic carbocycles. The molecule has 1 unspecified atom stereocenters. The van der Waals surface area contributed by atoms with Gasteiger partial charge in [0.15, 0.2) is 0 Å². The molecule has 1 fully saturated rings. The van der Waals surface area contributed by atoms with E-state index in [1.807, 2.05) is 25.1 Å². The van der Waals surface area contributed by atoms with Gasteiger partial charge in [-0.2, -0.15) is 0 Å². The van der Waals surface area contributed by atoms with Crippen LogP contribution in [0.2, 0.25) is 0 Å². The highest BCUT2D eigenvalue weighted by Crippen LogP contribution is 2.30. The van der Waals surface area contributed by atoms with Crippen molar-refractivity contribution in [2.24, 2.45) is 5.92 Å². The molecule has 0 spiro atoms.